The van der Waals surface area contributed by atoms with E-state index in [1.54, 1.807) is 0 Å². The monoisotopic (exact) mass is 222 g/mol. The fourth-order valence-corrected chi connectivity index (χ4v) is 2.47. The van der Waals surface area contributed by atoms with Crippen molar-refractivity contribution in [3.8, 4) is 12.3 Å². The van der Waals surface area contributed by atoms with Gasteiger partial charge in [0.05, 0.1) is 5.60 Å². The summed E-state index contributed by atoms with van der Waals surface area (Å²) in [5, 5.41) is 0. The molecule has 0 aromatic rings. The molecule has 0 radical (unpaired) electrons. The third-order valence-electron chi connectivity index (χ3n) is 3.24. The minimum atomic E-state index is -0.121. The van der Waals surface area contributed by atoms with E-state index in [2.05, 4.69) is 26.7 Å². The smallest absolute Gasteiger partial charge is 0.118 e. The molecule has 0 spiro atoms. The molecule has 0 aromatic heterocycles. The fourth-order valence-electron chi connectivity index (χ4n) is 2.47. The van der Waals surface area contributed by atoms with E-state index >= 15 is 0 Å². The first kappa shape index (κ1) is 13.6. The van der Waals surface area contributed by atoms with Crippen molar-refractivity contribution in [1.29, 1.82) is 0 Å². The van der Waals surface area contributed by atoms with Crippen LogP contribution in [0.25, 0.3) is 0 Å². The van der Waals surface area contributed by atoms with Crippen LogP contribution in [0.3, 0.4) is 0 Å². The van der Waals surface area contributed by atoms with Crippen molar-refractivity contribution in [3.05, 3.63) is 0 Å². The molecule has 0 amide bonds. The van der Waals surface area contributed by atoms with Gasteiger partial charge in [0.2, 0.25) is 0 Å². The van der Waals surface area contributed by atoms with Crippen molar-refractivity contribution >= 4 is 0 Å². The van der Waals surface area contributed by atoms with Crippen LogP contribution in [0.15, 0.2) is 0 Å². The molecule has 0 heterocycles. The zero-order valence-corrected chi connectivity index (χ0v) is 11.1. The second-order valence-corrected chi connectivity index (χ2v) is 5.97. The van der Waals surface area contributed by atoms with Gasteiger partial charge in [0.25, 0.3) is 0 Å². The summed E-state index contributed by atoms with van der Waals surface area (Å²) >= 11 is 0. The standard InChI is InChI=1S/C15H26O/c1-5-14(16-15(2,3)4)12-11-13-9-7-6-8-10-13/h1,13-14H,6-12H2,2-4H3. The molecule has 1 rings (SSSR count). The SMILES string of the molecule is C#CC(CCC1CCCCC1)OC(C)(C)C. The van der Waals surface area contributed by atoms with Gasteiger partial charge in [-0.1, -0.05) is 38.0 Å². The van der Waals surface area contributed by atoms with Crippen LogP contribution < -0.4 is 0 Å². The highest BCUT2D eigenvalue weighted by molar-refractivity contribution is 4.96. The summed E-state index contributed by atoms with van der Waals surface area (Å²) in [4.78, 5) is 0. The van der Waals surface area contributed by atoms with Gasteiger partial charge < -0.3 is 4.74 Å². The van der Waals surface area contributed by atoms with E-state index in [0.717, 1.165) is 12.3 Å². The van der Waals surface area contributed by atoms with Crippen molar-refractivity contribution in [2.24, 2.45) is 5.92 Å². The number of hydrogen-bond donors (Lipinski definition) is 0. The van der Waals surface area contributed by atoms with E-state index in [9.17, 15) is 0 Å². The molecule has 0 bridgehead atoms. The first-order valence-corrected chi connectivity index (χ1v) is 6.65. The highest BCUT2D eigenvalue weighted by atomic mass is 16.5. The molecular formula is C15H26O. The average Bonchev–Trinajstić information content (AvgIpc) is 2.24. The highest BCUT2D eigenvalue weighted by Crippen LogP contribution is 2.28. The quantitative estimate of drug-likeness (QED) is 0.649. The summed E-state index contributed by atoms with van der Waals surface area (Å²) in [5.74, 6) is 3.67. The summed E-state index contributed by atoms with van der Waals surface area (Å²) in [5.41, 5.74) is -0.121. The number of ether oxygens (including phenoxy) is 1. The van der Waals surface area contributed by atoms with Gasteiger partial charge in [-0.3, -0.25) is 0 Å². The van der Waals surface area contributed by atoms with Crippen LogP contribution >= 0.6 is 0 Å². The van der Waals surface area contributed by atoms with Crippen LogP contribution in [0.1, 0.15) is 65.7 Å². The number of terminal acetylenes is 1. The Balaban J connectivity index is 2.25. The Morgan fingerprint density at radius 3 is 2.38 bits per heavy atom. The maximum absolute atomic E-state index is 5.84. The van der Waals surface area contributed by atoms with Crippen LogP contribution in [0, 0.1) is 18.3 Å². The second kappa shape index (κ2) is 6.30. The third kappa shape index (κ3) is 5.56. The molecule has 1 unspecified atom stereocenters. The molecule has 1 atom stereocenters. The molecule has 1 heteroatoms. The maximum atomic E-state index is 5.84. The van der Waals surface area contributed by atoms with Crippen LogP contribution in [-0.2, 0) is 4.74 Å². The largest absolute Gasteiger partial charge is 0.360 e. The van der Waals surface area contributed by atoms with Gasteiger partial charge in [0.15, 0.2) is 0 Å². The molecular weight excluding hydrogens is 196 g/mol. The fraction of sp³-hybridized carbons (Fsp3) is 0.867. The molecule has 1 nitrogen and oxygen atoms in total. The predicted octanol–water partition coefficient (Wildman–Crippen LogP) is 4.16. The Hall–Kier alpha value is -0.480. The van der Waals surface area contributed by atoms with Crippen molar-refractivity contribution in [3.63, 3.8) is 0 Å². The summed E-state index contributed by atoms with van der Waals surface area (Å²) in [6.45, 7) is 6.20. The first-order valence-electron chi connectivity index (χ1n) is 6.65. The molecule has 1 aliphatic carbocycles. The normalized spacial score (nSPS) is 20.4. The van der Waals surface area contributed by atoms with Crippen LogP contribution in [0.5, 0.6) is 0 Å². The Kier molecular flexibility index (Phi) is 5.35. The molecule has 16 heavy (non-hydrogen) atoms. The van der Waals surface area contributed by atoms with Gasteiger partial charge in [-0.15, -0.1) is 6.42 Å². The van der Waals surface area contributed by atoms with Crippen molar-refractivity contribution in [2.75, 3.05) is 0 Å². The van der Waals surface area contributed by atoms with Gasteiger partial charge >= 0.3 is 0 Å². The van der Waals surface area contributed by atoms with Gasteiger partial charge in [0, 0.05) is 0 Å². The highest BCUT2D eigenvalue weighted by Gasteiger charge is 2.19. The van der Waals surface area contributed by atoms with Gasteiger partial charge in [0.1, 0.15) is 6.10 Å². The van der Waals surface area contributed by atoms with Crippen LogP contribution in [0.2, 0.25) is 0 Å². The zero-order valence-electron chi connectivity index (χ0n) is 11.1. The summed E-state index contributed by atoms with van der Waals surface area (Å²) in [7, 11) is 0. The van der Waals surface area contributed by atoms with E-state index in [4.69, 9.17) is 11.2 Å². The van der Waals surface area contributed by atoms with E-state index in [1.165, 1.54) is 38.5 Å². The molecule has 1 fully saturated rings. The summed E-state index contributed by atoms with van der Waals surface area (Å²) in [6.07, 6.45) is 14.8. The van der Waals surface area contributed by atoms with Crippen molar-refractivity contribution < 1.29 is 4.74 Å². The molecule has 92 valence electrons. The lowest BCUT2D eigenvalue weighted by Gasteiger charge is -2.27. The molecule has 0 saturated heterocycles. The van der Waals surface area contributed by atoms with Crippen molar-refractivity contribution in [2.45, 2.75) is 77.4 Å². The predicted molar refractivity (Wildman–Crippen MR) is 69.3 cm³/mol. The second-order valence-electron chi connectivity index (χ2n) is 5.97. The minimum absolute atomic E-state index is 0.00178. The lowest BCUT2D eigenvalue weighted by Crippen LogP contribution is -2.27. The van der Waals surface area contributed by atoms with Crippen LogP contribution in [-0.4, -0.2) is 11.7 Å². The molecule has 0 N–H and O–H groups in total. The zero-order chi connectivity index (χ0) is 12.0. The van der Waals surface area contributed by atoms with E-state index in [1.807, 2.05) is 0 Å². The van der Waals surface area contributed by atoms with Crippen LogP contribution in [0.4, 0.5) is 0 Å². The number of rotatable bonds is 4. The summed E-state index contributed by atoms with van der Waals surface area (Å²) < 4.78 is 5.84. The first-order chi connectivity index (χ1) is 7.51. The molecule has 1 aliphatic rings. The van der Waals surface area contributed by atoms with E-state index in [0.29, 0.717) is 0 Å². The molecule has 0 aliphatic heterocycles. The lowest BCUT2D eigenvalue weighted by atomic mass is 9.85. The van der Waals surface area contributed by atoms with E-state index < -0.39 is 0 Å². The third-order valence-corrected chi connectivity index (χ3v) is 3.24. The Labute approximate surface area is 101 Å². The van der Waals surface area contributed by atoms with Gasteiger partial charge in [-0.05, 0) is 39.5 Å². The lowest BCUT2D eigenvalue weighted by molar-refractivity contribution is -0.0389. The van der Waals surface area contributed by atoms with Crippen molar-refractivity contribution in [1.82, 2.24) is 0 Å². The number of hydrogen-bond acceptors (Lipinski definition) is 1. The molecule has 1 saturated carbocycles. The Morgan fingerprint density at radius 1 is 1.25 bits per heavy atom. The molecule has 0 aromatic carbocycles. The Bertz CT molecular complexity index is 225. The van der Waals surface area contributed by atoms with Gasteiger partial charge in [-0.25, -0.2) is 0 Å². The van der Waals surface area contributed by atoms with Gasteiger partial charge in [-0.2, -0.15) is 0 Å². The topological polar surface area (TPSA) is 9.23 Å². The average molecular weight is 222 g/mol. The summed E-state index contributed by atoms with van der Waals surface area (Å²) in [6, 6.07) is 0. The minimum Gasteiger partial charge on any atom is -0.360 e. The van der Waals surface area contributed by atoms with E-state index in [-0.39, 0.29) is 11.7 Å². The Morgan fingerprint density at radius 2 is 1.88 bits per heavy atom. The maximum Gasteiger partial charge on any atom is 0.118 e.